The van der Waals surface area contributed by atoms with Gasteiger partial charge in [-0.2, -0.15) is 0 Å². The summed E-state index contributed by atoms with van der Waals surface area (Å²) >= 11 is 6.09. The third-order valence-electron chi connectivity index (χ3n) is 4.25. The first-order valence-corrected chi connectivity index (χ1v) is 8.29. The first-order chi connectivity index (χ1) is 11.5. The topological polar surface area (TPSA) is 83.3 Å². The lowest BCUT2D eigenvalue weighted by Crippen LogP contribution is -2.37. The highest BCUT2D eigenvalue weighted by molar-refractivity contribution is 6.32. The molecule has 0 spiro atoms. The monoisotopic (exact) mass is 349 g/mol. The molecule has 24 heavy (non-hydrogen) atoms. The number of nitrogens with one attached hydrogen (secondary N) is 1. The molecule has 0 radical (unpaired) electrons. The van der Waals surface area contributed by atoms with E-state index in [1.165, 1.54) is 4.68 Å². The summed E-state index contributed by atoms with van der Waals surface area (Å²) in [5.41, 5.74) is 0. The van der Waals surface area contributed by atoms with Crippen molar-refractivity contribution in [1.29, 1.82) is 0 Å². The van der Waals surface area contributed by atoms with E-state index >= 15 is 0 Å². The summed E-state index contributed by atoms with van der Waals surface area (Å²) in [4.78, 5) is 18.0. The lowest BCUT2D eigenvalue weighted by atomic mass is 10.1. The third kappa shape index (κ3) is 3.68. The van der Waals surface area contributed by atoms with Crippen molar-refractivity contribution in [3.63, 3.8) is 0 Å². The number of halogens is 1. The van der Waals surface area contributed by atoms with Gasteiger partial charge in [-0.05, 0) is 25.0 Å². The second-order valence-corrected chi connectivity index (χ2v) is 6.43. The van der Waals surface area contributed by atoms with Gasteiger partial charge in [-0.3, -0.25) is 5.32 Å². The molecule has 0 aromatic carbocycles. The summed E-state index contributed by atoms with van der Waals surface area (Å²) in [6.45, 7) is 0.528. The highest BCUT2D eigenvalue weighted by atomic mass is 35.5. The van der Waals surface area contributed by atoms with Gasteiger partial charge in [0.1, 0.15) is 0 Å². The largest absolute Gasteiger partial charge is 0.393 e. The molecule has 2 N–H and O–H groups in total. The number of anilines is 1. The van der Waals surface area contributed by atoms with Gasteiger partial charge in [-0.1, -0.05) is 18.0 Å². The number of amides is 2. The highest BCUT2D eigenvalue weighted by Gasteiger charge is 2.27. The molecule has 3 rings (SSSR count). The van der Waals surface area contributed by atoms with E-state index in [-0.39, 0.29) is 18.1 Å². The fourth-order valence-corrected chi connectivity index (χ4v) is 3.13. The van der Waals surface area contributed by atoms with Crippen LogP contribution in [0.5, 0.6) is 0 Å². The van der Waals surface area contributed by atoms with Crippen LogP contribution < -0.4 is 5.32 Å². The molecule has 2 amide bonds. The molecular formula is C16H20ClN5O2. The van der Waals surface area contributed by atoms with Crippen LogP contribution in [0.4, 0.5) is 10.6 Å². The van der Waals surface area contributed by atoms with Crippen LogP contribution in [-0.4, -0.2) is 50.5 Å². The van der Waals surface area contributed by atoms with Crippen LogP contribution >= 0.6 is 11.6 Å². The third-order valence-corrected chi connectivity index (χ3v) is 4.55. The van der Waals surface area contributed by atoms with E-state index in [0.717, 1.165) is 19.3 Å². The maximum atomic E-state index is 12.3. The van der Waals surface area contributed by atoms with Crippen molar-refractivity contribution in [1.82, 2.24) is 19.7 Å². The van der Waals surface area contributed by atoms with Crippen LogP contribution in [0.1, 0.15) is 19.3 Å². The van der Waals surface area contributed by atoms with Crippen molar-refractivity contribution in [2.24, 2.45) is 5.92 Å². The molecule has 2 heterocycles. The summed E-state index contributed by atoms with van der Waals surface area (Å²) in [5, 5.41) is 17.4. The normalized spacial score (nSPS) is 20.1. The van der Waals surface area contributed by atoms with Gasteiger partial charge >= 0.3 is 6.03 Å². The number of carbonyl (C=O) groups is 1. The first-order valence-electron chi connectivity index (χ1n) is 7.91. The van der Waals surface area contributed by atoms with Gasteiger partial charge in [0.2, 0.25) is 0 Å². The van der Waals surface area contributed by atoms with E-state index in [9.17, 15) is 9.90 Å². The van der Waals surface area contributed by atoms with Gasteiger partial charge in [0.25, 0.3) is 0 Å². The second kappa shape index (κ2) is 7.19. The molecule has 8 heteroatoms. The lowest BCUT2D eigenvalue weighted by Gasteiger charge is -2.23. The number of urea groups is 1. The maximum absolute atomic E-state index is 12.3. The van der Waals surface area contributed by atoms with Crippen molar-refractivity contribution in [3.05, 3.63) is 35.6 Å². The fourth-order valence-electron chi connectivity index (χ4n) is 2.92. The number of aromatic nitrogens is 3. The lowest BCUT2D eigenvalue weighted by molar-refractivity contribution is 0.116. The van der Waals surface area contributed by atoms with Crippen molar-refractivity contribution < 1.29 is 9.90 Å². The zero-order valence-corrected chi connectivity index (χ0v) is 14.1. The fraction of sp³-hybridized carbons (Fsp3) is 0.438. The molecule has 1 saturated carbocycles. The van der Waals surface area contributed by atoms with Gasteiger partial charge in [0.15, 0.2) is 11.6 Å². The minimum Gasteiger partial charge on any atom is -0.393 e. The predicted molar refractivity (Wildman–Crippen MR) is 91.4 cm³/mol. The quantitative estimate of drug-likeness (QED) is 0.888. The number of pyridine rings is 1. The van der Waals surface area contributed by atoms with E-state index in [0.29, 0.717) is 23.2 Å². The Hall–Kier alpha value is -2.12. The van der Waals surface area contributed by atoms with Gasteiger partial charge in [0, 0.05) is 38.0 Å². The van der Waals surface area contributed by atoms with E-state index < -0.39 is 0 Å². The Kier molecular flexibility index (Phi) is 5.01. The summed E-state index contributed by atoms with van der Waals surface area (Å²) in [6, 6.07) is 4.89. The SMILES string of the molecule is CN(CC1CCCC1O)C(=O)Nc1ccn(-c2ncccc2Cl)n1. The molecule has 2 aromatic heterocycles. The minimum atomic E-state index is -0.314. The number of hydrogen-bond donors (Lipinski definition) is 2. The summed E-state index contributed by atoms with van der Waals surface area (Å²) in [6.07, 6.45) is 5.77. The standard InChI is InChI=1S/C16H20ClN5O2/c1-21(10-11-4-2-6-13(11)23)16(24)19-14-7-9-22(20-14)15-12(17)5-3-8-18-15/h3,5,7-9,11,13,23H,2,4,6,10H2,1H3,(H,19,20,24). The Balaban J connectivity index is 1.62. The first kappa shape index (κ1) is 16.7. The van der Waals surface area contributed by atoms with Gasteiger partial charge in [-0.25, -0.2) is 14.5 Å². The number of carbonyl (C=O) groups excluding carboxylic acids is 1. The van der Waals surface area contributed by atoms with Crippen molar-refractivity contribution in [3.8, 4) is 5.82 Å². The van der Waals surface area contributed by atoms with Gasteiger partial charge < -0.3 is 10.0 Å². The predicted octanol–water partition coefficient (Wildman–Crippen LogP) is 2.55. The minimum absolute atomic E-state index is 0.144. The van der Waals surface area contributed by atoms with Crippen molar-refractivity contribution >= 4 is 23.4 Å². The zero-order chi connectivity index (χ0) is 17.1. The molecule has 0 bridgehead atoms. The smallest absolute Gasteiger partial charge is 0.322 e. The number of aliphatic hydroxyl groups is 1. The molecule has 1 fully saturated rings. The van der Waals surface area contributed by atoms with Gasteiger partial charge in [-0.15, -0.1) is 5.10 Å². The Morgan fingerprint density at radius 3 is 3.04 bits per heavy atom. The second-order valence-electron chi connectivity index (χ2n) is 6.02. The highest BCUT2D eigenvalue weighted by Crippen LogP contribution is 2.26. The molecule has 1 aliphatic carbocycles. The molecular weight excluding hydrogens is 330 g/mol. The molecule has 2 atom stereocenters. The van der Waals surface area contributed by atoms with Crippen molar-refractivity contribution in [2.45, 2.75) is 25.4 Å². The molecule has 128 valence electrons. The Bertz CT molecular complexity index is 720. The summed E-state index contributed by atoms with van der Waals surface area (Å²) < 4.78 is 1.51. The number of hydrogen-bond acceptors (Lipinski definition) is 4. The number of aliphatic hydroxyl groups excluding tert-OH is 1. The van der Waals surface area contributed by atoms with Gasteiger partial charge in [0.05, 0.1) is 11.1 Å². The molecule has 7 nitrogen and oxygen atoms in total. The number of rotatable bonds is 4. The molecule has 2 unspecified atom stereocenters. The zero-order valence-electron chi connectivity index (χ0n) is 13.4. The number of nitrogens with zero attached hydrogens (tertiary/aromatic N) is 4. The molecule has 1 aliphatic rings. The van der Waals surface area contributed by atoms with E-state index in [4.69, 9.17) is 11.6 Å². The molecule has 2 aromatic rings. The van der Waals surface area contributed by atoms with Crippen LogP contribution in [0, 0.1) is 5.92 Å². The Morgan fingerprint density at radius 2 is 2.33 bits per heavy atom. The molecule has 0 saturated heterocycles. The van der Waals surface area contributed by atoms with Crippen LogP contribution in [0.3, 0.4) is 0 Å². The Morgan fingerprint density at radius 1 is 1.50 bits per heavy atom. The Labute approximate surface area is 145 Å². The van der Waals surface area contributed by atoms with E-state index in [1.54, 1.807) is 42.5 Å². The van der Waals surface area contributed by atoms with Crippen LogP contribution in [-0.2, 0) is 0 Å². The summed E-state index contributed by atoms with van der Waals surface area (Å²) in [5.74, 6) is 1.06. The summed E-state index contributed by atoms with van der Waals surface area (Å²) in [7, 11) is 1.72. The van der Waals surface area contributed by atoms with Crippen LogP contribution in [0.25, 0.3) is 5.82 Å². The van der Waals surface area contributed by atoms with E-state index in [2.05, 4.69) is 15.4 Å². The van der Waals surface area contributed by atoms with Crippen LogP contribution in [0.2, 0.25) is 5.02 Å². The van der Waals surface area contributed by atoms with E-state index in [1.807, 2.05) is 0 Å². The molecule has 0 aliphatic heterocycles. The average molecular weight is 350 g/mol. The van der Waals surface area contributed by atoms with Crippen molar-refractivity contribution in [2.75, 3.05) is 18.9 Å². The average Bonchev–Trinajstić information content (AvgIpc) is 3.17. The maximum Gasteiger partial charge on any atom is 0.322 e. The van der Waals surface area contributed by atoms with Crippen LogP contribution in [0.15, 0.2) is 30.6 Å².